The average Bonchev–Trinajstić information content (AvgIpc) is 3.15. The molecule has 0 spiro atoms. The highest BCUT2D eigenvalue weighted by atomic mass is 32.1. The van der Waals surface area contributed by atoms with Gasteiger partial charge in [0.2, 0.25) is 5.13 Å². The number of amides is 1. The van der Waals surface area contributed by atoms with E-state index in [2.05, 4.69) is 25.5 Å². The molecule has 3 rings (SSSR count). The van der Waals surface area contributed by atoms with Gasteiger partial charge in [-0.1, -0.05) is 12.0 Å². The summed E-state index contributed by atoms with van der Waals surface area (Å²) >= 11 is 1.14. The van der Waals surface area contributed by atoms with Gasteiger partial charge in [0, 0.05) is 23.7 Å². The minimum absolute atomic E-state index is 0.339. The normalized spacial score (nSPS) is 10.5. The Morgan fingerprint density at radius 3 is 2.70 bits per heavy atom. The van der Waals surface area contributed by atoms with Crippen molar-refractivity contribution < 1.29 is 14.3 Å². The molecule has 0 bridgehead atoms. The van der Waals surface area contributed by atoms with E-state index in [4.69, 9.17) is 9.47 Å². The van der Waals surface area contributed by atoms with Gasteiger partial charge in [0.1, 0.15) is 5.75 Å². The van der Waals surface area contributed by atoms with Crippen LogP contribution in [-0.2, 0) is 6.42 Å². The minimum atomic E-state index is -0.357. The van der Waals surface area contributed by atoms with E-state index in [0.717, 1.165) is 29.0 Å². The molecule has 3 heterocycles. The van der Waals surface area contributed by atoms with Gasteiger partial charge in [-0.15, -0.1) is 5.10 Å². The topological polar surface area (TPSA) is 99.1 Å². The van der Waals surface area contributed by atoms with E-state index in [1.807, 2.05) is 26.0 Å². The highest BCUT2D eigenvalue weighted by Crippen LogP contribution is 2.36. The highest BCUT2D eigenvalue weighted by Gasteiger charge is 2.22. The molecule has 0 atom stereocenters. The molecule has 0 saturated carbocycles. The van der Waals surface area contributed by atoms with Gasteiger partial charge in [0.05, 0.1) is 25.5 Å². The SMILES string of the molecule is CCc1cc(-c2c(C(=O)Nc3nnc(OC)s3)cnc(C)c2OC)ccn1. The molecule has 0 aliphatic carbocycles. The highest BCUT2D eigenvalue weighted by molar-refractivity contribution is 7.17. The molecule has 0 aliphatic heterocycles. The summed E-state index contributed by atoms with van der Waals surface area (Å²) in [6, 6.07) is 3.79. The number of hydrogen-bond acceptors (Lipinski definition) is 8. The Balaban J connectivity index is 2.07. The largest absolute Gasteiger partial charge is 0.494 e. The molecule has 27 heavy (non-hydrogen) atoms. The van der Waals surface area contributed by atoms with Crippen LogP contribution in [0.5, 0.6) is 10.9 Å². The van der Waals surface area contributed by atoms with Crippen LogP contribution >= 0.6 is 11.3 Å². The van der Waals surface area contributed by atoms with Gasteiger partial charge < -0.3 is 9.47 Å². The van der Waals surface area contributed by atoms with E-state index in [9.17, 15) is 4.79 Å². The van der Waals surface area contributed by atoms with E-state index in [1.54, 1.807) is 13.3 Å². The van der Waals surface area contributed by atoms with Gasteiger partial charge in [0.25, 0.3) is 11.1 Å². The Bertz CT molecular complexity index is 973. The monoisotopic (exact) mass is 385 g/mol. The van der Waals surface area contributed by atoms with Crippen molar-refractivity contribution >= 4 is 22.4 Å². The summed E-state index contributed by atoms with van der Waals surface area (Å²) in [5.41, 5.74) is 3.49. The number of aryl methyl sites for hydroxylation is 2. The number of nitrogens with zero attached hydrogens (tertiary/aromatic N) is 4. The summed E-state index contributed by atoms with van der Waals surface area (Å²) in [5, 5.41) is 11.2. The van der Waals surface area contributed by atoms with Crippen LogP contribution in [0.3, 0.4) is 0 Å². The average molecular weight is 385 g/mol. The smallest absolute Gasteiger partial charge is 0.295 e. The second-order valence-electron chi connectivity index (χ2n) is 5.59. The predicted octanol–water partition coefficient (Wildman–Crippen LogP) is 3.14. The quantitative estimate of drug-likeness (QED) is 0.696. The van der Waals surface area contributed by atoms with Crippen molar-refractivity contribution in [1.29, 1.82) is 0 Å². The number of anilines is 1. The zero-order valence-electron chi connectivity index (χ0n) is 15.4. The summed E-state index contributed by atoms with van der Waals surface area (Å²) in [7, 11) is 3.06. The van der Waals surface area contributed by atoms with Crippen molar-refractivity contribution in [3.05, 3.63) is 41.5 Å². The lowest BCUT2D eigenvalue weighted by Gasteiger charge is -2.15. The summed E-state index contributed by atoms with van der Waals surface area (Å²) in [6.07, 6.45) is 4.04. The third kappa shape index (κ3) is 3.87. The van der Waals surface area contributed by atoms with Crippen LogP contribution in [-0.4, -0.2) is 40.3 Å². The Labute approximate surface area is 160 Å². The van der Waals surface area contributed by atoms with E-state index in [1.165, 1.54) is 13.3 Å². The van der Waals surface area contributed by atoms with Gasteiger partial charge in [-0.25, -0.2) is 0 Å². The van der Waals surface area contributed by atoms with Crippen molar-refractivity contribution in [2.45, 2.75) is 20.3 Å². The van der Waals surface area contributed by atoms with Crippen molar-refractivity contribution in [3.8, 4) is 22.1 Å². The van der Waals surface area contributed by atoms with Crippen LogP contribution in [0.15, 0.2) is 24.5 Å². The number of carbonyl (C=O) groups is 1. The van der Waals surface area contributed by atoms with Crippen molar-refractivity contribution in [1.82, 2.24) is 20.2 Å². The molecule has 3 aromatic heterocycles. The molecule has 0 aromatic carbocycles. The number of pyridine rings is 2. The molecule has 0 saturated heterocycles. The van der Waals surface area contributed by atoms with Gasteiger partial charge in [-0.3, -0.25) is 20.1 Å². The van der Waals surface area contributed by atoms with E-state index in [-0.39, 0.29) is 5.91 Å². The van der Waals surface area contributed by atoms with E-state index >= 15 is 0 Å². The molecule has 8 nitrogen and oxygen atoms in total. The molecule has 0 unspecified atom stereocenters. The Morgan fingerprint density at radius 1 is 1.22 bits per heavy atom. The van der Waals surface area contributed by atoms with Crippen molar-refractivity contribution in [3.63, 3.8) is 0 Å². The second kappa shape index (κ2) is 8.09. The first kappa shape index (κ1) is 18.7. The van der Waals surface area contributed by atoms with Crippen molar-refractivity contribution in [2.75, 3.05) is 19.5 Å². The van der Waals surface area contributed by atoms with Gasteiger partial charge in [-0.2, -0.15) is 0 Å². The summed E-state index contributed by atoms with van der Waals surface area (Å²) in [6.45, 7) is 3.86. The minimum Gasteiger partial charge on any atom is -0.494 e. The Hall–Kier alpha value is -3.07. The second-order valence-corrected chi connectivity index (χ2v) is 6.53. The van der Waals surface area contributed by atoms with Crippen molar-refractivity contribution in [2.24, 2.45) is 0 Å². The fraction of sp³-hybridized carbons (Fsp3) is 0.278. The number of aromatic nitrogens is 4. The number of ether oxygens (including phenoxy) is 2. The van der Waals surface area contributed by atoms with Crippen LogP contribution < -0.4 is 14.8 Å². The maximum absolute atomic E-state index is 12.9. The Morgan fingerprint density at radius 2 is 2.04 bits per heavy atom. The first-order valence-electron chi connectivity index (χ1n) is 8.25. The first-order chi connectivity index (χ1) is 13.1. The maximum Gasteiger partial charge on any atom is 0.295 e. The molecule has 140 valence electrons. The van der Waals surface area contributed by atoms with Crippen LogP contribution in [0.2, 0.25) is 0 Å². The molecule has 0 fully saturated rings. The van der Waals surface area contributed by atoms with E-state index in [0.29, 0.717) is 32.9 Å². The summed E-state index contributed by atoms with van der Waals surface area (Å²) in [4.78, 5) is 21.5. The van der Waals surface area contributed by atoms with Crippen LogP contribution in [0.4, 0.5) is 5.13 Å². The van der Waals surface area contributed by atoms with Gasteiger partial charge in [0.15, 0.2) is 0 Å². The van der Waals surface area contributed by atoms with Crippen LogP contribution in [0.1, 0.15) is 28.7 Å². The summed E-state index contributed by atoms with van der Waals surface area (Å²) in [5.74, 6) is 0.190. The molecular formula is C18H19N5O3S. The number of methoxy groups -OCH3 is 2. The third-order valence-electron chi connectivity index (χ3n) is 3.93. The molecule has 0 aliphatic rings. The molecular weight excluding hydrogens is 366 g/mol. The third-order valence-corrected chi connectivity index (χ3v) is 4.73. The maximum atomic E-state index is 12.9. The zero-order chi connectivity index (χ0) is 19.4. The number of rotatable bonds is 6. The number of nitrogens with one attached hydrogen (secondary N) is 1. The lowest BCUT2D eigenvalue weighted by atomic mass is 9.98. The fourth-order valence-corrected chi connectivity index (χ4v) is 3.19. The van der Waals surface area contributed by atoms with Crippen LogP contribution in [0, 0.1) is 6.92 Å². The number of carbonyl (C=O) groups excluding carboxylic acids is 1. The molecule has 1 N–H and O–H groups in total. The standard InChI is InChI=1S/C18H19N5O3S/c1-5-12-8-11(6-7-19-12)14-13(9-20-10(2)15(14)25-3)16(24)21-17-22-23-18(26-4)27-17/h6-9H,5H2,1-4H3,(H,21,22,24). The van der Waals surface area contributed by atoms with E-state index < -0.39 is 0 Å². The number of hydrogen-bond donors (Lipinski definition) is 1. The molecule has 9 heteroatoms. The molecule has 0 radical (unpaired) electrons. The molecule has 1 amide bonds. The summed E-state index contributed by atoms with van der Waals surface area (Å²) < 4.78 is 10.6. The lowest BCUT2D eigenvalue weighted by Crippen LogP contribution is -2.15. The Kier molecular flexibility index (Phi) is 5.60. The van der Waals surface area contributed by atoms with Gasteiger partial charge in [-0.05, 0) is 42.4 Å². The van der Waals surface area contributed by atoms with Crippen LogP contribution in [0.25, 0.3) is 11.1 Å². The first-order valence-corrected chi connectivity index (χ1v) is 9.06. The predicted molar refractivity (Wildman–Crippen MR) is 103 cm³/mol. The molecule has 3 aromatic rings. The lowest BCUT2D eigenvalue weighted by molar-refractivity contribution is 0.102. The fourth-order valence-electron chi connectivity index (χ4n) is 2.63. The zero-order valence-corrected chi connectivity index (χ0v) is 16.3. The van der Waals surface area contributed by atoms with Gasteiger partial charge >= 0.3 is 0 Å².